The van der Waals surface area contributed by atoms with Crippen LogP contribution in [0.25, 0.3) is 11.1 Å². The van der Waals surface area contributed by atoms with Crippen molar-refractivity contribution in [2.24, 2.45) is 0 Å². The molecular formula is C25H26ClN3O3. The molecule has 0 aromatic heterocycles. The number of anilines is 2. The first-order valence-electron chi connectivity index (χ1n) is 10.2. The van der Waals surface area contributed by atoms with Crippen LogP contribution in [0.2, 0.25) is 5.02 Å². The topological polar surface area (TPSA) is 70.7 Å². The first-order valence-corrected chi connectivity index (χ1v) is 10.6. The summed E-state index contributed by atoms with van der Waals surface area (Å²) in [5.41, 5.74) is 3.27. The van der Waals surface area contributed by atoms with Gasteiger partial charge >= 0.3 is 0 Å². The fraction of sp³-hybridized carbons (Fsp3) is 0.200. The Morgan fingerprint density at radius 3 is 2.34 bits per heavy atom. The molecule has 0 atom stereocenters. The van der Waals surface area contributed by atoms with Crippen molar-refractivity contribution in [2.75, 3.05) is 37.9 Å². The molecule has 3 rings (SSSR count). The van der Waals surface area contributed by atoms with Gasteiger partial charge in [0, 0.05) is 29.2 Å². The average molecular weight is 452 g/mol. The predicted molar refractivity (Wildman–Crippen MR) is 129 cm³/mol. The number of benzene rings is 3. The number of hydrogen-bond acceptors (Lipinski definition) is 4. The summed E-state index contributed by atoms with van der Waals surface area (Å²) in [6, 6.07) is 22.6. The Bertz CT molecular complexity index is 1070. The number of hydrogen-bond donors (Lipinski definition) is 2. The summed E-state index contributed by atoms with van der Waals surface area (Å²) in [4.78, 5) is 26.7. The number of methoxy groups -OCH3 is 1. The molecule has 0 heterocycles. The smallest absolute Gasteiger partial charge is 0.238 e. The lowest BCUT2D eigenvalue weighted by Crippen LogP contribution is -2.32. The Balaban J connectivity index is 1.52. The summed E-state index contributed by atoms with van der Waals surface area (Å²) in [7, 11) is 3.32. The van der Waals surface area contributed by atoms with E-state index in [-0.39, 0.29) is 24.8 Å². The van der Waals surface area contributed by atoms with E-state index in [2.05, 4.69) is 10.6 Å². The van der Waals surface area contributed by atoms with Gasteiger partial charge < -0.3 is 15.4 Å². The zero-order chi connectivity index (χ0) is 22.9. The molecule has 0 aliphatic rings. The summed E-state index contributed by atoms with van der Waals surface area (Å²) in [6.07, 6.45) is 0.257. The van der Waals surface area contributed by atoms with Crippen molar-refractivity contribution in [2.45, 2.75) is 6.42 Å². The number of carbonyl (C=O) groups is 2. The maximum atomic E-state index is 12.5. The Morgan fingerprint density at radius 1 is 0.906 bits per heavy atom. The van der Waals surface area contributed by atoms with Crippen molar-refractivity contribution < 1.29 is 14.3 Å². The van der Waals surface area contributed by atoms with Crippen molar-refractivity contribution in [1.82, 2.24) is 4.90 Å². The van der Waals surface area contributed by atoms with E-state index < -0.39 is 0 Å². The zero-order valence-corrected chi connectivity index (χ0v) is 18.9. The Kier molecular flexibility index (Phi) is 8.25. The molecular weight excluding hydrogens is 426 g/mol. The van der Waals surface area contributed by atoms with Crippen LogP contribution in [0.1, 0.15) is 6.42 Å². The number of halogens is 1. The lowest BCUT2D eigenvalue weighted by molar-refractivity contribution is -0.119. The van der Waals surface area contributed by atoms with Crippen LogP contribution in [-0.2, 0) is 9.59 Å². The van der Waals surface area contributed by atoms with Crippen LogP contribution < -0.4 is 15.4 Å². The molecule has 2 amide bonds. The first kappa shape index (κ1) is 23.3. The Hall–Kier alpha value is -3.35. The van der Waals surface area contributed by atoms with Gasteiger partial charge in [0.15, 0.2) is 0 Å². The maximum Gasteiger partial charge on any atom is 0.238 e. The second kappa shape index (κ2) is 11.3. The molecule has 0 fully saturated rings. The van der Waals surface area contributed by atoms with Crippen LogP contribution in [0.15, 0.2) is 72.8 Å². The van der Waals surface area contributed by atoms with E-state index in [4.69, 9.17) is 16.3 Å². The van der Waals surface area contributed by atoms with Gasteiger partial charge in [0.25, 0.3) is 0 Å². The lowest BCUT2D eigenvalue weighted by Gasteiger charge is -2.17. The van der Waals surface area contributed by atoms with Gasteiger partial charge in [-0.05, 0) is 36.9 Å². The molecule has 0 saturated carbocycles. The summed E-state index contributed by atoms with van der Waals surface area (Å²) in [5, 5.41) is 6.28. The molecule has 0 aliphatic carbocycles. The number of ether oxygens (including phenoxy) is 1. The van der Waals surface area contributed by atoms with Crippen LogP contribution in [0.3, 0.4) is 0 Å². The largest absolute Gasteiger partial charge is 0.495 e. The van der Waals surface area contributed by atoms with Crippen molar-refractivity contribution >= 4 is 34.8 Å². The number of nitrogens with one attached hydrogen (secondary N) is 2. The molecule has 3 aromatic carbocycles. The monoisotopic (exact) mass is 451 g/mol. The van der Waals surface area contributed by atoms with E-state index in [0.717, 1.165) is 16.8 Å². The highest BCUT2D eigenvalue weighted by Crippen LogP contribution is 2.28. The predicted octanol–water partition coefficient (Wildman–Crippen LogP) is 4.91. The first-order chi connectivity index (χ1) is 15.5. The third kappa shape index (κ3) is 6.57. The number of carbonyl (C=O) groups excluding carboxylic acids is 2. The van der Waals surface area contributed by atoms with Gasteiger partial charge in [-0.1, -0.05) is 60.1 Å². The SMILES string of the molecule is COc1ccc(Cl)cc1NC(=O)CN(C)CCC(=O)Nc1ccccc1-c1ccccc1. The van der Waals surface area contributed by atoms with E-state index in [0.29, 0.717) is 23.0 Å². The van der Waals surface area contributed by atoms with Crippen LogP contribution in [0.4, 0.5) is 11.4 Å². The Labute approximate surface area is 193 Å². The molecule has 0 aliphatic heterocycles. The standard InChI is InChI=1S/C25H26ClN3O3/c1-29(17-25(31)28-22-16-19(26)12-13-23(22)32-2)15-14-24(30)27-21-11-7-6-10-20(21)18-8-4-3-5-9-18/h3-13,16H,14-15,17H2,1-2H3,(H,27,30)(H,28,31). The van der Waals surface area contributed by atoms with E-state index in [1.807, 2.05) is 54.6 Å². The van der Waals surface area contributed by atoms with Gasteiger partial charge in [-0.25, -0.2) is 0 Å². The summed E-state index contributed by atoms with van der Waals surface area (Å²) >= 11 is 6.00. The molecule has 0 unspecified atom stereocenters. The van der Waals surface area contributed by atoms with Gasteiger partial charge in [-0.3, -0.25) is 14.5 Å². The highest BCUT2D eigenvalue weighted by atomic mass is 35.5. The third-order valence-corrected chi connectivity index (χ3v) is 5.09. The van der Waals surface area contributed by atoms with E-state index >= 15 is 0 Å². The molecule has 2 N–H and O–H groups in total. The van der Waals surface area contributed by atoms with E-state index in [9.17, 15) is 9.59 Å². The molecule has 32 heavy (non-hydrogen) atoms. The fourth-order valence-corrected chi connectivity index (χ4v) is 3.43. The van der Waals surface area contributed by atoms with Gasteiger partial charge in [0.1, 0.15) is 5.75 Å². The molecule has 3 aromatic rings. The molecule has 7 heteroatoms. The van der Waals surface area contributed by atoms with Gasteiger partial charge in [-0.15, -0.1) is 0 Å². The second-order valence-electron chi connectivity index (χ2n) is 7.34. The second-order valence-corrected chi connectivity index (χ2v) is 7.78. The number of nitrogens with zero attached hydrogens (tertiary/aromatic N) is 1. The Morgan fingerprint density at radius 2 is 1.59 bits per heavy atom. The van der Waals surface area contributed by atoms with Crippen molar-refractivity contribution in [1.29, 1.82) is 0 Å². The van der Waals surface area contributed by atoms with Crippen molar-refractivity contribution in [3.8, 4) is 16.9 Å². The van der Waals surface area contributed by atoms with Gasteiger partial charge in [0.2, 0.25) is 11.8 Å². The normalized spacial score (nSPS) is 10.6. The number of amides is 2. The summed E-state index contributed by atoms with van der Waals surface area (Å²) in [6.45, 7) is 0.559. The minimum Gasteiger partial charge on any atom is -0.495 e. The van der Waals surface area contributed by atoms with Crippen molar-refractivity contribution in [3.05, 3.63) is 77.8 Å². The molecule has 0 saturated heterocycles. The molecule has 6 nitrogen and oxygen atoms in total. The summed E-state index contributed by atoms with van der Waals surface area (Å²) < 4.78 is 5.24. The molecule has 0 spiro atoms. The minimum absolute atomic E-state index is 0.114. The van der Waals surface area contributed by atoms with Crippen LogP contribution >= 0.6 is 11.6 Å². The third-order valence-electron chi connectivity index (χ3n) is 4.86. The number of para-hydroxylation sites is 1. The highest BCUT2D eigenvalue weighted by molar-refractivity contribution is 6.31. The lowest BCUT2D eigenvalue weighted by atomic mass is 10.0. The van der Waals surface area contributed by atoms with Crippen molar-refractivity contribution in [3.63, 3.8) is 0 Å². The van der Waals surface area contributed by atoms with Crippen LogP contribution in [0.5, 0.6) is 5.75 Å². The van der Waals surface area contributed by atoms with Gasteiger partial charge in [-0.2, -0.15) is 0 Å². The average Bonchev–Trinajstić information content (AvgIpc) is 2.79. The number of rotatable bonds is 9. The minimum atomic E-state index is -0.220. The summed E-state index contributed by atoms with van der Waals surface area (Å²) in [5.74, 6) is 0.196. The van der Waals surface area contributed by atoms with Crippen LogP contribution in [-0.4, -0.2) is 44.0 Å². The highest BCUT2D eigenvalue weighted by Gasteiger charge is 2.13. The fourth-order valence-electron chi connectivity index (χ4n) is 3.26. The molecule has 0 bridgehead atoms. The van der Waals surface area contributed by atoms with Crippen LogP contribution in [0, 0.1) is 0 Å². The number of likely N-dealkylation sites (N-methyl/N-ethyl adjacent to an activating group) is 1. The van der Waals surface area contributed by atoms with E-state index in [1.54, 1.807) is 30.1 Å². The molecule has 0 radical (unpaired) electrons. The van der Waals surface area contributed by atoms with Gasteiger partial charge in [0.05, 0.1) is 19.3 Å². The molecule has 166 valence electrons. The maximum absolute atomic E-state index is 12.5. The van der Waals surface area contributed by atoms with E-state index in [1.165, 1.54) is 7.11 Å². The quantitative estimate of drug-likeness (QED) is 0.484. The zero-order valence-electron chi connectivity index (χ0n) is 18.1.